The van der Waals surface area contributed by atoms with Gasteiger partial charge in [0.25, 0.3) is 0 Å². The maximum atomic E-state index is 13.2. The van der Waals surface area contributed by atoms with Crippen LogP contribution >= 0.6 is 11.6 Å². The highest BCUT2D eigenvalue weighted by Gasteiger charge is 2.09. The highest BCUT2D eigenvalue weighted by molar-refractivity contribution is 6.28. The van der Waals surface area contributed by atoms with Gasteiger partial charge in [-0.1, -0.05) is 0 Å². The van der Waals surface area contributed by atoms with Crippen LogP contribution in [0.5, 0.6) is 0 Å². The zero-order valence-electron chi connectivity index (χ0n) is 6.78. The average Bonchev–Trinajstić information content (AvgIpc) is 2.52. The molecule has 0 saturated carbocycles. The number of halogens is 3. The van der Waals surface area contributed by atoms with Crippen LogP contribution in [0.25, 0.3) is 5.69 Å². The molecule has 1 aromatic carbocycles. The lowest BCUT2D eigenvalue weighted by molar-refractivity contribution is 0.573. The Morgan fingerprint density at radius 1 is 1.29 bits per heavy atom. The van der Waals surface area contributed by atoms with E-state index in [1.165, 1.54) is 12.4 Å². The number of aromatic nitrogens is 3. The molecular weight excluding hydrogens is 212 g/mol. The minimum atomic E-state index is -0.739. The van der Waals surface area contributed by atoms with E-state index < -0.39 is 11.6 Å². The SMILES string of the molecule is Fc1ccc(-n2ncnc2Cl)c(F)c1. The first-order valence-corrected chi connectivity index (χ1v) is 4.07. The van der Waals surface area contributed by atoms with Gasteiger partial charge in [0.2, 0.25) is 5.28 Å². The number of benzene rings is 1. The van der Waals surface area contributed by atoms with Gasteiger partial charge < -0.3 is 0 Å². The zero-order valence-corrected chi connectivity index (χ0v) is 7.54. The maximum Gasteiger partial charge on any atom is 0.225 e. The van der Waals surface area contributed by atoms with Crippen molar-refractivity contribution in [1.82, 2.24) is 14.8 Å². The summed E-state index contributed by atoms with van der Waals surface area (Å²) in [6.45, 7) is 0. The molecule has 3 nitrogen and oxygen atoms in total. The molecule has 6 heteroatoms. The Morgan fingerprint density at radius 2 is 2.07 bits per heavy atom. The molecule has 0 saturated heterocycles. The lowest BCUT2D eigenvalue weighted by atomic mass is 10.3. The second-order valence-electron chi connectivity index (χ2n) is 2.54. The summed E-state index contributed by atoms with van der Waals surface area (Å²) >= 11 is 5.62. The molecule has 0 bridgehead atoms. The van der Waals surface area contributed by atoms with Gasteiger partial charge in [0.05, 0.1) is 0 Å². The zero-order chi connectivity index (χ0) is 10.1. The lowest BCUT2D eigenvalue weighted by Crippen LogP contribution is -2.00. The highest BCUT2D eigenvalue weighted by Crippen LogP contribution is 2.16. The first kappa shape index (κ1) is 9.08. The molecule has 0 atom stereocenters. The van der Waals surface area contributed by atoms with Crippen molar-refractivity contribution >= 4 is 11.6 Å². The number of rotatable bonds is 1. The van der Waals surface area contributed by atoms with Crippen molar-refractivity contribution in [2.45, 2.75) is 0 Å². The van der Waals surface area contributed by atoms with Gasteiger partial charge in [-0.05, 0) is 23.7 Å². The lowest BCUT2D eigenvalue weighted by Gasteiger charge is -2.02. The quantitative estimate of drug-likeness (QED) is 0.730. The summed E-state index contributed by atoms with van der Waals surface area (Å²) < 4.78 is 26.9. The van der Waals surface area contributed by atoms with Crippen molar-refractivity contribution in [2.24, 2.45) is 0 Å². The van der Waals surface area contributed by atoms with E-state index in [2.05, 4.69) is 10.1 Å². The highest BCUT2D eigenvalue weighted by atomic mass is 35.5. The third-order valence-electron chi connectivity index (χ3n) is 1.64. The van der Waals surface area contributed by atoms with E-state index in [1.54, 1.807) is 0 Å². The van der Waals surface area contributed by atoms with Crippen molar-refractivity contribution in [3.8, 4) is 5.69 Å². The molecule has 0 aliphatic heterocycles. The molecule has 14 heavy (non-hydrogen) atoms. The second-order valence-corrected chi connectivity index (χ2v) is 2.87. The van der Waals surface area contributed by atoms with Crippen LogP contribution in [0.15, 0.2) is 24.5 Å². The summed E-state index contributed by atoms with van der Waals surface area (Å²) in [6, 6.07) is 3.12. The van der Waals surface area contributed by atoms with Crippen molar-refractivity contribution in [1.29, 1.82) is 0 Å². The number of hydrogen-bond donors (Lipinski definition) is 0. The normalized spacial score (nSPS) is 10.5. The van der Waals surface area contributed by atoms with Crippen molar-refractivity contribution < 1.29 is 8.78 Å². The number of hydrogen-bond acceptors (Lipinski definition) is 2. The minimum Gasteiger partial charge on any atom is -0.207 e. The largest absolute Gasteiger partial charge is 0.225 e. The van der Waals surface area contributed by atoms with Gasteiger partial charge in [-0.2, -0.15) is 5.10 Å². The topological polar surface area (TPSA) is 30.7 Å². The third-order valence-corrected chi connectivity index (χ3v) is 1.90. The van der Waals surface area contributed by atoms with Gasteiger partial charge in [-0.3, -0.25) is 0 Å². The summed E-state index contributed by atoms with van der Waals surface area (Å²) in [5, 5.41) is 3.71. The maximum absolute atomic E-state index is 13.2. The van der Waals surface area contributed by atoms with Crippen LogP contribution in [0.1, 0.15) is 0 Å². The fourth-order valence-electron chi connectivity index (χ4n) is 1.04. The summed E-state index contributed by atoms with van der Waals surface area (Å²) in [4.78, 5) is 3.61. The average molecular weight is 216 g/mol. The van der Waals surface area contributed by atoms with Gasteiger partial charge >= 0.3 is 0 Å². The Kier molecular flexibility index (Phi) is 2.17. The Bertz CT molecular complexity index is 469. The fourth-order valence-corrected chi connectivity index (χ4v) is 1.22. The minimum absolute atomic E-state index is 0.0236. The van der Waals surface area contributed by atoms with Crippen LogP contribution in [0.2, 0.25) is 5.28 Å². The van der Waals surface area contributed by atoms with Crippen LogP contribution in [-0.2, 0) is 0 Å². The molecule has 0 aliphatic rings. The van der Waals surface area contributed by atoms with E-state index in [1.807, 2.05) is 0 Å². The standard InChI is InChI=1S/C8H4ClF2N3/c9-8-12-4-13-14(8)7-2-1-5(10)3-6(7)11/h1-4H. The van der Waals surface area contributed by atoms with Crippen LogP contribution in [0, 0.1) is 11.6 Å². The van der Waals surface area contributed by atoms with Gasteiger partial charge in [0, 0.05) is 6.07 Å². The van der Waals surface area contributed by atoms with Crippen molar-refractivity contribution in [3.05, 3.63) is 41.4 Å². The second kappa shape index (κ2) is 3.34. The van der Waals surface area contributed by atoms with E-state index in [9.17, 15) is 8.78 Å². The Morgan fingerprint density at radius 3 is 2.64 bits per heavy atom. The van der Waals surface area contributed by atoms with Crippen LogP contribution < -0.4 is 0 Å². The summed E-state index contributed by atoms with van der Waals surface area (Å²) in [6.07, 6.45) is 1.19. The van der Waals surface area contributed by atoms with E-state index >= 15 is 0 Å². The Labute approximate surface area is 82.9 Å². The van der Waals surface area contributed by atoms with Gasteiger partial charge in [0.15, 0.2) is 5.82 Å². The molecule has 1 heterocycles. The molecule has 2 aromatic rings. The molecule has 0 amide bonds. The molecule has 72 valence electrons. The molecule has 0 radical (unpaired) electrons. The molecular formula is C8H4ClF2N3. The summed E-state index contributed by atoms with van der Waals surface area (Å²) in [7, 11) is 0. The summed E-state index contributed by atoms with van der Waals surface area (Å²) in [5.74, 6) is -1.39. The van der Waals surface area contributed by atoms with Crippen molar-refractivity contribution in [3.63, 3.8) is 0 Å². The van der Waals surface area contributed by atoms with Gasteiger partial charge in [0.1, 0.15) is 17.8 Å². The third kappa shape index (κ3) is 1.46. The Hall–Kier alpha value is -1.49. The van der Waals surface area contributed by atoms with Gasteiger partial charge in [-0.25, -0.2) is 18.4 Å². The fraction of sp³-hybridized carbons (Fsp3) is 0. The van der Waals surface area contributed by atoms with Crippen LogP contribution in [0.3, 0.4) is 0 Å². The smallest absolute Gasteiger partial charge is 0.207 e. The monoisotopic (exact) mass is 215 g/mol. The molecule has 0 fully saturated rings. The van der Waals surface area contributed by atoms with E-state index in [0.717, 1.165) is 16.8 Å². The van der Waals surface area contributed by atoms with Crippen LogP contribution in [0.4, 0.5) is 8.78 Å². The van der Waals surface area contributed by atoms with Crippen LogP contribution in [-0.4, -0.2) is 14.8 Å². The molecule has 0 N–H and O–H groups in total. The first-order chi connectivity index (χ1) is 6.68. The predicted molar refractivity (Wildman–Crippen MR) is 46.3 cm³/mol. The van der Waals surface area contributed by atoms with E-state index in [-0.39, 0.29) is 11.0 Å². The van der Waals surface area contributed by atoms with E-state index in [4.69, 9.17) is 11.6 Å². The number of nitrogens with zero attached hydrogens (tertiary/aromatic N) is 3. The molecule has 0 aliphatic carbocycles. The molecule has 2 rings (SSSR count). The molecule has 0 unspecified atom stereocenters. The first-order valence-electron chi connectivity index (χ1n) is 3.69. The molecule has 0 spiro atoms. The van der Waals surface area contributed by atoms with Crippen molar-refractivity contribution in [2.75, 3.05) is 0 Å². The Balaban J connectivity index is 2.58. The van der Waals surface area contributed by atoms with E-state index in [0.29, 0.717) is 0 Å². The predicted octanol–water partition coefficient (Wildman–Crippen LogP) is 2.20. The van der Waals surface area contributed by atoms with Gasteiger partial charge in [-0.15, -0.1) is 0 Å². The molecule has 1 aromatic heterocycles. The summed E-state index contributed by atoms with van der Waals surface area (Å²) in [5.41, 5.74) is 0.0638.